The molecule has 2 amide bonds. The van der Waals surface area contributed by atoms with Gasteiger partial charge in [0.15, 0.2) is 0 Å². The molecule has 29 heavy (non-hydrogen) atoms. The molecule has 1 aromatic carbocycles. The maximum atomic E-state index is 13.1. The van der Waals surface area contributed by atoms with Crippen molar-refractivity contribution >= 4 is 17.8 Å². The highest BCUT2D eigenvalue weighted by Gasteiger charge is 2.38. The lowest BCUT2D eigenvalue weighted by molar-refractivity contribution is -0.149. The van der Waals surface area contributed by atoms with Crippen molar-refractivity contribution in [3.63, 3.8) is 0 Å². The number of carbonyl (C=O) groups is 3. The number of hydrogen-bond donors (Lipinski definition) is 4. The molecule has 0 radical (unpaired) electrons. The van der Waals surface area contributed by atoms with Gasteiger partial charge in [-0.05, 0) is 56.2 Å². The predicted molar refractivity (Wildman–Crippen MR) is 108 cm³/mol. The van der Waals surface area contributed by atoms with Gasteiger partial charge in [0.25, 0.3) is 0 Å². The summed E-state index contributed by atoms with van der Waals surface area (Å²) in [6, 6.07) is 6.03. The number of carbonyl (C=O) groups excluding carboxylic acids is 2. The number of rotatable bonds is 8. The molecule has 1 unspecified atom stereocenters. The van der Waals surface area contributed by atoms with Gasteiger partial charge in [0, 0.05) is 13.1 Å². The Balaban J connectivity index is 1.67. The molecule has 3 rings (SSSR count). The molecule has 5 N–H and O–H groups in total. The van der Waals surface area contributed by atoms with Crippen LogP contribution in [0.5, 0.6) is 0 Å². The molecule has 8 heteroatoms. The zero-order chi connectivity index (χ0) is 20.8. The van der Waals surface area contributed by atoms with E-state index in [0.717, 1.165) is 12.0 Å². The maximum absolute atomic E-state index is 13.1. The van der Waals surface area contributed by atoms with Crippen LogP contribution in [0.25, 0.3) is 0 Å². The minimum atomic E-state index is -0.992. The van der Waals surface area contributed by atoms with E-state index < -0.39 is 24.1 Å². The van der Waals surface area contributed by atoms with Gasteiger partial charge in [0.1, 0.15) is 12.1 Å². The Kier molecular flexibility index (Phi) is 7.22. The normalized spacial score (nSPS) is 22.0. The van der Waals surface area contributed by atoms with E-state index in [4.69, 9.17) is 5.73 Å². The second-order valence-electron chi connectivity index (χ2n) is 7.78. The van der Waals surface area contributed by atoms with Crippen molar-refractivity contribution in [3.8, 4) is 0 Å². The smallest absolute Gasteiger partial charge is 0.326 e. The topological polar surface area (TPSA) is 125 Å². The Morgan fingerprint density at radius 3 is 2.72 bits per heavy atom. The summed E-state index contributed by atoms with van der Waals surface area (Å²) in [6.45, 7) is 1.53. The molecule has 1 saturated heterocycles. The summed E-state index contributed by atoms with van der Waals surface area (Å²) in [4.78, 5) is 38.8. The first-order chi connectivity index (χ1) is 14.0. The average molecular weight is 402 g/mol. The van der Waals surface area contributed by atoms with Crippen LogP contribution in [-0.4, -0.2) is 59.0 Å². The largest absolute Gasteiger partial charge is 0.480 e. The van der Waals surface area contributed by atoms with Gasteiger partial charge in [-0.1, -0.05) is 24.3 Å². The molecule has 2 aliphatic heterocycles. The minimum absolute atomic E-state index is 0.225. The second-order valence-corrected chi connectivity index (χ2v) is 7.78. The van der Waals surface area contributed by atoms with Crippen molar-refractivity contribution in [2.24, 2.45) is 5.73 Å². The zero-order valence-corrected chi connectivity index (χ0v) is 16.6. The Morgan fingerprint density at radius 1 is 1.24 bits per heavy atom. The van der Waals surface area contributed by atoms with Gasteiger partial charge in [0.05, 0.1) is 6.04 Å². The van der Waals surface area contributed by atoms with E-state index >= 15 is 0 Å². The maximum Gasteiger partial charge on any atom is 0.326 e. The number of nitrogens with one attached hydrogen (secondary N) is 2. The van der Waals surface area contributed by atoms with E-state index in [0.29, 0.717) is 51.7 Å². The molecule has 0 spiro atoms. The molecule has 0 aromatic heterocycles. The first-order valence-corrected chi connectivity index (χ1v) is 10.3. The minimum Gasteiger partial charge on any atom is -0.480 e. The van der Waals surface area contributed by atoms with Gasteiger partial charge in [-0.15, -0.1) is 0 Å². The second kappa shape index (κ2) is 9.84. The molecule has 8 nitrogen and oxygen atoms in total. The summed E-state index contributed by atoms with van der Waals surface area (Å²) in [7, 11) is 0. The number of likely N-dealkylation sites (tertiary alicyclic amines) is 1. The first kappa shape index (κ1) is 21.3. The lowest BCUT2D eigenvalue weighted by Crippen LogP contribution is -2.56. The average Bonchev–Trinajstić information content (AvgIpc) is 3.22. The standard InChI is InChI=1S/C21H30N4O4/c22-10-4-3-8-16(20(27)25-11-5-9-18(25)21(28)29)24-19(26)17-12-14-6-1-2-7-15(14)13-23-17/h1-2,6-7,16-18,23H,3-5,8-13,22H2,(H,24,26)(H,28,29)/t16-,17?,18-/m0/s1. The van der Waals surface area contributed by atoms with Crippen molar-refractivity contribution in [1.82, 2.24) is 15.5 Å². The van der Waals surface area contributed by atoms with Gasteiger partial charge in [-0.2, -0.15) is 0 Å². The van der Waals surface area contributed by atoms with E-state index in [1.54, 1.807) is 0 Å². The monoisotopic (exact) mass is 402 g/mol. The number of unbranched alkanes of at least 4 members (excludes halogenated alkanes) is 1. The Bertz CT molecular complexity index is 754. The van der Waals surface area contributed by atoms with E-state index in [-0.39, 0.29) is 11.8 Å². The number of aliphatic carboxylic acids is 1. The Labute approximate surface area is 170 Å². The third kappa shape index (κ3) is 5.13. The van der Waals surface area contributed by atoms with E-state index in [9.17, 15) is 19.5 Å². The van der Waals surface area contributed by atoms with Crippen molar-refractivity contribution < 1.29 is 19.5 Å². The van der Waals surface area contributed by atoms with Crippen LogP contribution < -0.4 is 16.4 Å². The Morgan fingerprint density at radius 2 is 2.00 bits per heavy atom. The summed E-state index contributed by atoms with van der Waals surface area (Å²) in [5.41, 5.74) is 7.87. The molecular formula is C21H30N4O4. The molecular weight excluding hydrogens is 372 g/mol. The fraction of sp³-hybridized carbons (Fsp3) is 0.571. The number of carboxylic acid groups (broad SMARTS) is 1. The highest BCUT2D eigenvalue weighted by molar-refractivity contribution is 5.92. The summed E-state index contributed by atoms with van der Waals surface area (Å²) < 4.78 is 0. The first-order valence-electron chi connectivity index (χ1n) is 10.3. The Hall–Kier alpha value is -2.45. The summed E-state index contributed by atoms with van der Waals surface area (Å²) in [6.07, 6.45) is 3.57. The SMILES string of the molecule is NCCCC[C@H](NC(=O)C1Cc2ccccc2CN1)C(=O)N1CCC[C@H]1C(=O)O. The van der Waals surface area contributed by atoms with E-state index in [1.165, 1.54) is 10.5 Å². The number of amides is 2. The van der Waals surface area contributed by atoms with Crippen molar-refractivity contribution in [2.75, 3.05) is 13.1 Å². The number of hydrogen-bond acceptors (Lipinski definition) is 5. The molecule has 0 aliphatic carbocycles. The van der Waals surface area contributed by atoms with E-state index in [1.807, 2.05) is 24.3 Å². The summed E-state index contributed by atoms with van der Waals surface area (Å²) in [5, 5.41) is 15.5. The number of nitrogens with zero attached hydrogens (tertiary/aromatic N) is 1. The van der Waals surface area contributed by atoms with Gasteiger partial charge in [0.2, 0.25) is 11.8 Å². The zero-order valence-electron chi connectivity index (χ0n) is 16.6. The van der Waals surface area contributed by atoms with Crippen LogP contribution in [0.4, 0.5) is 0 Å². The van der Waals surface area contributed by atoms with Gasteiger partial charge in [-0.25, -0.2) is 4.79 Å². The number of benzene rings is 1. The van der Waals surface area contributed by atoms with Crippen molar-refractivity contribution in [1.29, 1.82) is 0 Å². The molecule has 0 saturated carbocycles. The molecule has 3 atom stereocenters. The van der Waals surface area contributed by atoms with Crippen LogP contribution in [0.3, 0.4) is 0 Å². The fourth-order valence-corrected chi connectivity index (χ4v) is 4.15. The lowest BCUT2D eigenvalue weighted by atomic mass is 9.95. The lowest BCUT2D eigenvalue weighted by Gasteiger charge is -2.30. The van der Waals surface area contributed by atoms with Crippen LogP contribution in [0.15, 0.2) is 24.3 Å². The van der Waals surface area contributed by atoms with Crippen LogP contribution in [-0.2, 0) is 27.3 Å². The van der Waals surface area contributed by atoms with Crippen LogP contribution in [0.1, 0.15) is 43.2 Å². The fourth-order valence-electron chi connectivity index (χ4n) is 4.15. The number of fused-ring (bicyclic) bond motifs is 1. The molecule has 2 heterocycles. The third-order valence-corrected chi connectivity index (χ3v) is 5.78. The molecule has 1 fully saturated rings. The van der Waals surface area contributed by atoms with Gasteiger partial charge in [-0.3, -0.25) is 9.59 Å². The quantitative estimate of drug-likeness (QED) is 0.466. The molecule has 158 valence electrons. The molecule has 1 aromatic rings. The van der Waals surface area contributed by atoms with Crippen LogP contribution >= 0.6 is 0 Å². The van der Waals surface area contributed by atoms with E-state index in [2.05, 4.69) is 10.6 Å². The van der Waals surface area contributed by atoms with Gasteiger partial charge >= 0.3 is 5.97 Å². The third-order valence-electron chi connectivity index (χ3n) is 5.78. The summed E-state index contributed by atoms with van der Waals surface area (Å²) in [5.74, 6) is -1.53. The number of nitrogens with two attached hydrogens (primary N) is 1. The highest BCUT2D eigenvalue weighted by atomic mass is 16.4. The van der Waals surface area contributed by atoms with Gasteiger partial charge < -0.3 is 26.4 Å². The van der Waals surface area contributed by atoms with Crippen LogP contribution in [0.2, 0.25) is 0 Å². The number of carboxylic acids is 1. The van der Waals surface area contributed by atoms with Crippen LogP contribution in [0, 0.1) is 0 Å². The highest BCUT2D eigenvalue weighted by Crippen LogP contribution is 2.21. The molecule has 2 aliphatic rings. The summed E-state index contributed by atoms with van der Waals surface area (Å²) >= 11 is 0. The molecule has 0 bridgehead atoms. The van der Waals surface area contributed by atoms with Crippen molar-refractivity contribution in [2.45, 2.75) is 63.2 Å². The predicted octanol–water partition coefficient (Wildman–Crippen LogP) is 0.390. The van der Waals surface area contributed by atoms with Crippen molar-refractivity contribution in [3.05, 3.63) is 35.4 Å².